The van der Waals surface area contributed by atoms with Crippen molar-refractivity contribution in [2.75, 3.05) is 0 Å². The Morgan fingerprint density at radius 3 is 1.58 bits per heavy atom. The van der Waals surface area contributed by atoms with E-state index in [1.165, 1.54) is 33.6 Å². The summed E-state index contributed by atoms with van der Waals surface area (Å²) < 4.78 is 3.41. The van der Waals surface area contributed by atoms with Crippen LogP contribution < -0.4 is 0 Å². The number of hydrogen-bond acceptors (Lipinski definition) is 0. The summed E-state index contributed by atoms with van der Waals surface area (Å²) in [5, 5.41) is 0. The maximum Gasteiger partial charge on any atom is 0.0535 e. The van der Waals surface area contributed by atoms with Crippen molar-refractivity contribution < 1.29 is 0 Å². The van der Waals surface area contributed by atoms with Gasteiger partial charge in [-0.15, -0.1) is 0 Å². The zero-order chi connectivity index (χ0) is 18.1. The molecule has 0 saturated heterocycles. The average Bonchev–Trinajstić information content (AvgIpc) is 3.08. The van der Waals surface area contributed by atoms with Gasteiger partial charge in [0.25, 0.3) is 0 Å². The number of aromatic nitrogens is 1. The van der Waals surface area contributed by atoms with Crippen LogP contribution in [0.5, 0.6) is 0 Å². The largest absolute Gasteiger partial charge is 0.309 e. The van der Waals surface area contributed by atoms with E-state index in [0.717, 1.165) is 10.2 Å². The van der Waals surface area contributed by atoms with Crippen LogP contribution >= 0.6 is 15.9 Å². The maximum atomic E-state index is 3.62. The second-order valence-corrected chi connectivity index (χ2v) is 7.57. The van der Waals surface area contributed by atoms with E-state index < -0.39 is 0 Å². The highest BCUT2D eigenvalue weighted by Gasteiger charge is 2.13. The van der Waals surface area contributed by atoms with Crippen LogP contribution in [0.3, 0.4) is 0 Å². The summed E-state index contributed by atoms with van der Waals surface area (Å²) in [6, 6.07) is 30.3. The summed E-state index contributed by atoms with van der Waals surface area (Å²) in [5.41, 5.74) is 8.51. The topological polar surface area (TPSA) is 4.93 Å². The Hall–Kier alpha value is -2.58. The summed E-state index contributed by atoms with van der Waals surface area (Å²) in [5.74, 6) is 0. The Bertz CT molecular complexity index is 978. The van der Waals surface area contributed by atoms with E-state index >= 15 is 0 Å². The third-order valence-electron chi connectivity index (χ3n) is 4.64. The van der Waals surface area contributed by atoms with Gasteiger partial charge in [0.05, 0.1) is 11.4 Å². The predicted octanol–water partition coefficient (Wildman–Crippen LogP) is 7.19. The lowest BCUT2D eigenvalue weighted by molar-refractivity contribution is 1.09. The zero-order valence-corrected chi connectivity index (χ0v) is 16.5. The molecule has 1 nitrogen and oxygen atoms in total. The number of hydrogen-bond donors (Lipinski definition) is 0. The molecule has 26 heavy (non-hydrogen) atoms. The van der Waals surface area contributed by atoms with Gasteiger partial charge in [0.15, 0.2) is 0 Å². The second-order valence-electron chi connectivity index (χ2n) is 6.65. The van der Waals surface area contributed by atoms with Gasteiger partial charge in [0.2, 0.25) is 0 Å². The maximum absolute atomic E-state index is 3.62. The van der Waals surface area contributed by atoms with Crippen LogP contribution in [0.2, 0.25) is 0 Å². The number of aryl methyl sites for hydroxylation is 2. The van der Waals surface area contributed by atoms with Gasteiger partial charge >= 0.3 is 0 Å². The molecule has 4 rings (SSSR count). The molecule has 4 aromatic rings. The first-order valence-corrected chi connectivity index (χ1v) is 9.53. The third kappa shape index (κ3) is 3.25. The quantitative estimate of drug-likeness (QED) is 0.342. The van der Waals surface area contributed by atoms with Crippen molar-refractivity contribution >= 4 is 15.9 Å². The molecule has 0 fully saturated rings. The van der Waals surface area contributed by atoms with E-state index in [0.29, 0.717) is 0 Å². The van der Waals surface area contributed by atoms with Crippen molar-refractivity contribution in [2.24, 2.45) is 0 Å². The molecular weight excluding hydrogens is 382 g/mol. The first-order valence-electron chi connectivity index (χ1n) is 8.73. The number of halogens is 1. The van der Waals surface area contributed by atoms with E-state index in [-0.39, 0.29) is 0 Å². The van der Waals surface area contributed by atoms with Crippen molar-refractivity contribution in [3.05, 3.63) is 101 Å². The SMILES string of the molecule is Cc1ccc(-c2ccc(-c3ccc(C)cc3)n2-c2cccc(Br)c2)cc1. The molecule has 0 aliphatic heterocycles. The molecule has 1 heterocycles. The number of benzene rings is 3. The second kappa shape index (κ2) is 6.97. The lowest BCUT2D eigenvalue weighted by atomic mass is 10.1. The van der Waals surface area contributed by atoms with Gasteiger partial charge in [0, 0.05) is 10.2 Å². The summed E-state index contributed by atoms with van der Waals surface area (Å²) in [4.78, 5) is 0. The first-order chi connectivity index (χ1) is 12.6. The van der Waals surface area contributed by atoms with E-state index in [2.05, 4.69) is 119 Å². The minimum Gasteiger partial charge on any atom is -0.309 e. The van der Waals surface area contributed by atoms with E-state index in [1.54, 1.807) is 0 Å². The predicted molar refractivity (Wildman–Crippen MR) is 114 cm³/mol. The molecule has 0 atom stereocenters. The van der Waals surface area contributed by atoms with Gasteiger partial charge < -0.3 is 4.57 Å². The van der Waals surface area contributed by atoms with Crippen molar-refractivity contribution in [1.29, 1.82) is 0 Å². The van der Waals surface area contributed by atoms with Crippen molar-refractivity contribution in [1.82, 2.24) is 4.57 Å². The summed E-state index contributed by atoms with van der Waals surface area (Å²) >= 11 is 3.62. The fraction of sp³-hybridized carbons (Fsp3) is 0.0833. The summed E-state index contributed by atoms with van der Waals surface area (Å²) in [6.45, 7) is 4.24. The third-order valence-corrected chi connectivity index (χ3v) is 5.14. The Morgan fingerprint density at radius 1 is 0.615 bits per heavy atom. The monoisotopic (exact) mass is 401 g/mol. The molecule has 0 amide bonds. The Kier molecular flexibility index (Phi) is 4.52. The normalized spacial score (nSPS) is 10.9. The Balaban J connectivity index is 1.95. The van der Waals surface area contributed by atoms with E-state index in [1.807, 2.05) is 0 Å². The van der Waals surface area contributed by atoms with Gasteiger partial charge in [-0.05, 0) is 55.3 Å². The minimum absolute atomic E-state index is 1.08. The smallest absolute Gasteiger partial charge is 0.0535 e. The lowest BCUT2D eigenvalue weighted by Gasteiger charge is -2.15. The Morgan fingerprint density at radius 2 is 1.12 bits per heavy atom. The van der Waals surface area contributed by atoms with Crippen LogP contribution in [0.15, 0.2) is 89.4 Å². The minimum atomic E-state index is 1.08. The van der Waals surface area contributed by atoms with Crippen LogP contribution in [0.1, 0.15) is 11.1 Å². The molecule has 0 spiro atoms. The zero-order valence-electron chi connectivity index (χ0n) is 14.9. The molecule has 0 aliphatic rings. The molecular formula is C24H20BrN. The molecule has 0 unspecified atom stereocenters. The fourth-order valence-electron chi connectivity index (χ4n) is 3.23. The van der Waals surface area contributed by atoms with Gasteiger partial charge in [-0.3, -0.25) is 0 Å². The van der Waals surface area contributed by atoms with Crippen LogP contribution in [0, 0.1) is 13.8 Å². The highest BCUT2D eigenvalue weighted by molar-refractivity contribution is 9.10. The first kappa shape index (κ1) is 16.9. The fourth-order valence-corrected chi connectivity index (χ4v) is 3.62. The highest BCUT2D eigenvalue weighted by atomic mass is 79.9. The van der Waals surface area contributed by atoms with Crippen molar-refractivity contribution in [2.45, 2.75) is 13.8 Å². The van der Waals surface area contributed by atoms with Crippen LogP contribution in [0.4, 0.5) is 0 Å². The van der Waals surface area contributed by atoms with E-state index in [4.69, 9.17) is 0 Å². The molecule has 2 heteroatoms. The summed E-state index contributed by atoms with van der Waals surface area (Å²) in [6.07, 6.45) is 0. The molecule has 128 valence electrons. The Labute approximate surface area is 163 Å². The molecule has 0 N–H and O–H groups in total. The molecule has 1 aromatic heterocycles. The average molecular weight is 402 g/mol. The van der Waals surface area contributed by atoms with Crippen LogP contribution in [-0.4, -0.2) is 4.57 Å². The summed E-state index contributed by atoms with van der Waals surface area (Å²) in [7, 11) is 0. The molecule has 0 bridgehead atoms. The lowest BCUT2D eigenvalue weighted by Crippen LogP contribution is -1.99. The molecule has 0 aliphatic carbocycles. The molecule has 0 radical (unpaired) electrons. The van der Waals surface area contributed by atoms with Crippen LogP contribution in [-0.2, 0) is 0 Å². The van der Waals surface area contributed by atoms with Crippen molar-refractivity contribution in [3.8, 4) is 28.2 Å². The highest BCUT2D eigenvalue weighted by Crippen LogP contribution is 2.33. The molecule has 3 aromatic carbocycles. The van der Waals surface area contributed by atoms with Gasteiger partial charge in [-0.2, -0.15) is 0 Å². The number of nitrogens with zero attached hydrogens (tertiary/aromatic N) is 1. The van der Waals surface area contributed by atoms with Gasteiger partial charge in [-0.1, -0.05) is 81.7 Å². The standard InChI is InChI=1S/C24H20BrN/c1-17-6-10-19(11-7-17)23-14-15-24(20-12-8-18(2)9-13-20)26(23)22-5-3-4-21(25)16-22/h3-16H,1-2H3. The van der Waals surface area contributed by atoms with Gasteiger partial charge in [-0.25, -0.2) is 0 Å². The number of rotatable bonds is 3. The van der Waals surface area contributed by atoms with Crippen molar-refractivity contribution in [3.63, 3.8) is 0 Å². The van der Waals surface area contributed by atoms with E-state index in [9.17, 15) is 0 Å². The molecule has 0 saturated carbocycles. The van der Waals surface area contributed by atoms with Crippen LogP contribution in [0.25, 0.3) is 28.2 Å². The van der Waals surface area contributed by atoms with Gasteiger partial charge in [0.1, 0.15) is 0 Å².